The molecule has 0 radical (unpaired) electrons. The van der Waals surface area contributed by atoms with E-state index in [2.05, 4.69) is 41.1 Å². The minimum atomic E-state index is -0.772. The van der Waals surface area contributed by atoms with Crippen molar-refractivity contribution in [1.82, 2.24) is 15.0 Å². The van der Waals surface area contributed by atoms with Gasteiger partial charge in [-0.1, -0.05) is 12.1 Å². The third-order valence-corrected chi connectivity index (χ3v) is 6.44. The number of ether oxygens (including phenoxy) is 1. The van der Waals surface area contributed by atoms with E-state index in [9.17, 15) is 9.59 Å². The molecular formula is C24H28N4O3S2. The average Bonchev–Trinajstić information content (AvgIpc) is 3.33. The van der Waals surface area contributed by atoms with Gasteiger partial charge in [-0.05, 0) is 74.7 Å². The van der Waals surface area contributed by atoms with Crippen molar-refractivity contribution in [2.24, 2.45) is 0 Å². The summed E-state index contributed by atoms with van der Waals surface area (Å²) in [5.74, 6) is 0.0492. The summed E-state index contributed by atoms with van der Waals surface area (Å²) in [6, 6.07) is 14.2. The molecule has 2 amide bonds. The molecule has 3 N–H and O–H groups in total. The monoisotopic (exact) mass is 484 g/mol. The Hall–Kier alpha value is -2.88. The fourth-order valence-corrected chi connectivity index (χ4v) is 4.04. The molecule has 0 aliphatic carbocycles. The summed E-state index contributed by atoms with van der Waals surface area (Å²) in [5, 5.41) is 7.77. The lowest BCUT2D eigenvalue weighted by Crippen LogP contribution is -2.45. The second kappa shape index (κ2) is 11.3. The third-order valence-electron chi connectivity index (χ3n) is 4.44. The van der Waals surface area contributed by atoms with Crippen molar-refractivity contribution >= 4 is 40.8 Å². The maximum atomic E-state index is 13.1. The second-order valence-corrected chi connectivity index (χ2v) is 10.2. The number of anilines is 1. The molecule has 1 atom stereocenters. The average molecular weight is 485 g/mol. The summed E-state index contributed by atoms with van der Waals surface area (Å²) >= 11 is 2.77. The predicted octanol–water partition coefficient (Wildman–Crippen LogP) is 4.53. The van der Waals surface area contributed by atoms with E-state index >= 15 is 0 Å². The molecule has 0 fully saturated rings. The minimum Gasteiger partial charge on any atom is -0.497 e. The Kier molecular flexibility index (Phi) is 8.49. The largest absolute Gasteiger partial charge is 0.497 e. The van der Waals surface area contributed by atoms with Crippen LogP contribution in [-0.2, 0) is 11.2 Å². The van der Waals surface area contributed by atoms with Gasteiger partial charge in [0.05, 0.1) is 7.11 Å². The van der Waals surface area contributed by atoms with Crippen molar-refractivity contribution in [1.29, 1.82) is 0 Å². The van der Waals surface area contributed by atoms with E-state index in [-0.39, 0.29) is 17.4 Å². The molecule has 0 aliphatic heterocycles. The van der Waals surface area contributed by atoms with Gasteiger partial charge in [-0.2, -0.15) is 0 Å². The van der Waals surface area contributed by atoms with Gasteiger partial charge in [-0.15, -0.1) is 11.3 Å². The quantitative estimate of drug-likeness (QED) is 0.387. The van der Waals surface area contributed by atoms with Crippen molar-refractivity contribution in [3.63, 3.8) is 0 Å². The minimum absolute atomic E-state index is 0.0120. The van der Waals surface area contributed by atoms with Crippen LogP contribution in [0.15, 0.2) is 65.0 Å². The number of rotatable bonds is 9. The zero-order chi connectivity index (χ0) is 23.8. The molecule has 1 aromatic heterocycles. The standard InChI is InChI=1S/C24H28N4O3S2/c1-24(2,3)28-33-19-11-7-17(8-12-19)26-21(29)20(27-22(30)23-25-13-14-32-23)15-16-5-9-18(31-4)10-6-16/h5-14,20,28H,15H2,1-4H3,(H,26,29)(H,27,30)/t20-/m0/s1. The number of hydrogen-bond donors (Lipinski definition) is 3. The highest BCUT2D eigenvalue weighted by molar-refractivity contribution is 7.97. The molecule has 0 spiro atoms. The smallest absolute Gasteiger partial charge is 0.280 e. The molecule has 3 rings (SSSR count). The zero-order valence-corrected chi connectivity index (χ0v) is 20.7. The molecule has 0 unspecified atom stereocenters. The molecule has 1 heterocycles. The molecule has 0 aliphatic rings. The molecular weight excluding hydrogens is 456 g/mol. The molecule has 33 heavy (non-hydrogen) atoms. The lowest BCUT2D eigenvalue weighted by molar-refractivity contribution is -0.118. The Morgan fingerprint density at radius 1 is 1.09 bits per heavy atom. The maximum absolute atomic E-state index is 13.1. The summed E-state index contributed by atoms with van der Waals surface area (Å²) < 4.78 is 8.55. The number of carbonyl (C=O) groups excluding carboxylic acids is 2. The number of nitrogens with one attached hydrogen (secondary N) is 3. The first-order valence-corrected chi connectivity index (χ1v) is 12.1. The second-order valence-electron chi connectivity index (χ2n) is 8.38. The lowest BCUT2D eigenvalue weighted by Gasteiger charge is -2.20. The van der Waals surface area contributed by atoms with Gasteiger partial charge in [0.15, 0.2) is 5.01 Å². The van der Waals surface area contributed by atoms with Crippen molar-refractivity contribution in [3.05, 3.63) is 70.7 Å². The number of hydrogen-bond acceptors (Lipinski definition) is 7. The first-order chi connectivity index (χ1) is 15.7. The van der Waals surface area contributed by atoms with Crippen molar-refractivity contribution in [3.8, 4) is 5.75 Å². The van der Waals surface area contributed by atoms with Crippen LogP contribution in [0.1, 0.15) is 36.1 Å². The van der Waals surface area contributed by atoms with Gasteiger partial charge in [0.25, 0.3) is 5.91 Å². The summed E-state index contributed by atoms with van der Waals surface area (Å²) in [6.07, 6.45) is 1.89. The Bertz CT molecular complexity index is 1050. The van der Waals surface area contributed by atoms with Crippen LogP contribution in [0.4, 0.5) is 5.69 Å². The van der Waals surface area contributed by atoms with Crippen LogP contribution in [0.2, 0.25) is 0 Å². The molecule has 2 aromatic carbocycles. The van der Waals surface area contributed by atoms with Crippen LogP contribution in [0.3, 0.4) is 0 Å². The van der Waals surface area contributed by atoms with Crippen molar-refractivity contribution in [2.45, 2.75) is 43.7 Å². The topological polar surface area (TPSA) is 92.3 Å². The van der Waals surface area contributed by atoms with E-state index in [0.717, 1.165) is 16.2 Å². The number of nitrogens with zero attached hydrogens (tertiary/aromatic N) is 1. The molecule has 0 saturated heterocycles. The number of methoxy groups -OCH3 is 1. The number of amides is 2. The van der Waals surface area contributed by atoms with Gasteiger partial charge >= 0.3 is 0 Å². The molecule has 7 nitrogen and oxygen atoms in total. The molecule has 0 saturated carbocycles. The molecule has 0 bridgehead atoms. The van der Waals surface area contributed by atoms with Crippen LogP contribution in [-0.4, -0.2) is 35.5 Å². The zero-order valence-electron chi connectivity index (χ0n) is 19.0. The van der Waals surface area contributed by atoms with Crippen LogP contribution >= 0.6 is 23.3 Å². The predicted molar refractivity (Wildman–Crippen MR) is 134 cm³/mol. The first-order valence-electron chi connectivity index (χ1n) is 10.4. The first kappa shape index (κ1) is 24.8. The van der Waals surface area contributed by atoms with Gasteiger partial charge in [-0.3, -0.25) is 14.3 Å². The highest BCUT2D eigenvalue weighted by Crippen LogP contribution is 2.21. The maximum Gasteiger partial charge on any atom is 0.280 e. The molecule has 174 valence electrons. The van der Waals surface area contributed by atoms with Gasteiger partial charge in [0.2, 0.25) is 5.91 Å². The molecule has 9 heteroatoms. The van der Waals surface area contributed by atoms with Crippen molar-refractivity contribution < 1.29 is 14.3 Å². The highest BCUT2D eigenvalue weighted by Gasteiger charge is 2.23. The fraction of sp³-hybridized carbons (Fsp3) is 0.292. The summed E-state index contributed by atoms with van der Waals surface area (Å²) in [5.41, 5.74) is 1.54. The lowest BCUT2D eigenvalue weighted by atomic mass is 10.0. The van der Waals surface area contributed by atoms with E-state index in [1.54, 1.807) is 18.7 Å². The summed E-state index contributed by atoms with van der Waals surface area (Å²) in [7, 11) is 1.60. The van der Waals surface area contributed by atoms with Crippen LogP contribution in [0.25, 0.3) is 0 Å². The van der Waals surface area contributed by atoms with E-state index < -0.39 is 6.04 Å². The van der Waals surface area contributed by atoms with Crippen LogP contribution in [0.5, 0.6) is 5.75 Å². The van der Waals surface area contributed by atoms with E-state index in [1.807, 2.05) is 48.5 Å². The van der Waals surface area contributed by atoms with Crippen LogP contribution in [0, 0.1) is 0 Å². The Morgan fingerprint density at radius 2 is 1.79 bits per heavy atom. The summed E-state index contributed by atoms with van der Waals surface area (Å²) in [4.78, 5) is 30.8. The Balaban J connectivity index is 1.70. The number of aromatic nitrogens is 1. The Morgan fingerprint density at radius 3 is 2.36 bits per heavy atom. The normalized spacial score (nSPS) is 12.1. The van der Waals surface area contributed by atoms with Crippen LogP contribution < -0.4 is 20.1 Å². The summed E-state index contributed by atoms with van der Waals surface area (Å²) in [6.45, 7) is 6.28. The van der Waals surface area contributed by atoms with Gasteiger partial charge in [0, 0.05) is 34.1 Å². The third kappa shape index (κ3) is 7.88. The van der Waals surface area contributed by atoms with Crippen molar-refractivity contribution in [2.75, 3.05) is 12.4 Å². The molecule has 3 aromatic rings. The fourth-order valence-electron chi connectivity index (χ4n) is 2.81. The highest BCUT2D eigenvalue weighted by atomic mass is 32.2. The van der Waals surface area contributed by atoms with E-state index in [4.69, 9.17) is 4.74 Å². The SMILES string of the molecule is COc1ccc(C[C@H](NC(=O)c2nccs2)C(=O)Nc2ccc(SNC(C)(C)C)cc2)cc1. The number of thiazole rings is 1. The van der Waals surface area contributed by atoms with Gasteiger partial charge in [-0.25, -0.2) is 4.98 Å². The number of carbonyl (C=O) groups is 2. The van der Waals surface area contributed by atoms with Gasteiger partial charge < -0.3 is 15.4 Å². The van der Waals surface area contributed by atoms with E-state index in [0.29, 0.717) is 17.1 Å². The van der Waals surface area contributed by atoms with Gasteiger partial charge in [0.1, 0.15) is 11.8 Å². The number of benzene rings is 2. The Labute approximate surface area is 202 Å². The van der Waals surface area contributed by atoms with E-state index in [1.165, 1.54) is 23.3 Å².